The minimum atomic E-state index is -0.139. The molecule has 0 N–H and O–H groups in total. The van der Waals surface area contributed by atoms with Gasteiger partial charge in [-0.05, 0) is 120 Å². The maximum absolute atomic E-state index is 2.41. The molecular weight excluding hydrogens is 537 g/mol. The highest BCUT2D eigenvalue weighted by atomic mass is 32.1. The normalized spacial score (nSPS) is 13.1. The van der Waals surface area contributed by atoms with E-state index in [9.17, 15) is 0 Å². The second-order valence-electron chi connectivity index (χ2n) is 11.3. The first-order valence-corrected chi connectivity index (χ1v) is 15.8. The molecule has 6 aromatic rings. The van der Waals surface area contributed by atoms with Crippen LogP contribution < -0.4 is 9.80 Å². The van der Waals surface area contributed by atoms with E-state index in [2.05, 4.69) is 157 Å². The Kier molecular flexibility index (Phi) is 6.33. The van der Waals surface area contributed by atoms with Gasteiger partial charge in [0.15, 0.2) is 0 Å². The van der Waals surface area contributed by atoms with E-state index in [1.165, 1.54) is 66.1 Å². The summed E-state index contributed by atoms with van der Waals surface area (Å²) in [7, 11) is 0. The van der Waals surface area contributed by atoms with Gasteiger partial charge in [0, 0.05) is 28.2 Å². The molecule has 0 saturated heterocycles. The van der Waals surface area contributed by atoms with E-state index < -0.39 is 0 Å². The van der Waals surface area contributed by atoms with Crippen molar-refractivity contribution in [1.29, 1.82) is 0 Å². The molecule has 0 bridgehead atoms. The van der Waals surface area contributed by atoms with Crippen LogP contribution in [0.4, 0.5) is 32.8 Å². The third-order valence-corrected chi connectivity index (χ3v) is 9.90. The molecule has 0 amide bonds. The second kappa shape index (κ2) is 10.1. The summed E-state index contributed by atoms with van der Waals surface area (Å²) in [5.74, 6) is 0. The SMILES string of the molecule is Cc1ccc(N(c2ccc3c(c2)C(C)(C)c2cc(N(c4ccc(C)cc4)c4cccs4)ccc2-3)c2cccs2)cc1. The van der Waals surface area contributed by atoms with Crippen LogP contribution in [0.25, 0.3) is 11.1 Å². The highest BCUT2D eigenvalue weighted by Crippen LogP contribution is 2.52. The third kappa shape index (κ3) is 4.48. The average Bonchev–Trinajstić information content (AvgIpc) is 3.74. The molecule has 2 heterocycles. The molecule has 1 aliphatic carbocycles. The predicted molar refractivity (Wildman–Crippen MR) is 179 cm³/mol. The Labute approximate surface area is 250 Å². The lowest BCUT2D eigenvalue weighted by Crippen LogP contribution is -2.17. The van der Waals surface area contributed by atoms with Crippen LogP contribution in [-0.4, -0.2) is 0 Å². The highest BCUT2D eigenvalue weighted by molar-refractivity contribution is 7.14. The third-order valence-electron chi connectivity index (χ3n) is 8.20. The first-order valence-electron chi connectivity index (χ1n) is 14.0. The van der Waals surface area contributed by atoms with Gasteiger partial charge in [0.25, 0.3) is 0 Å². The van der Waals surface area contributed by atoms with Crippen molar-refractivity contribution in [2.45, 2.75) is 33.1 Å². The minimum absolute atomic E-state index is 0.139. The molecule has 41 heavy (non-hydrogen) atoms. The molecule has 7 rings (SSSR count). The average molecular weight is 569 g/mol. The van der Waals surface area contributed by atoms with E-state index in [-0.39, 0.29) is 5.41 Å². The Morgan fingerprint density at radius 1 is 0.488 bits per heavy atom. The zero-order chi connectivity index (χ0) is 28.1. The molecule has 2 aromatic heterocycles. The molecule has 0 atom stereocenters. The predicted octanol–water partition coefficient (Wildman–Crippen LogP) is 11.7. The number of thiophene rings is 2. The van der Waals surface area contributed by atoms with Gasteiger partial charge in [-0.25, -0.2) is 0 Å². The molecule has 1 aliphatic rings. The summed E-state index contributed by atoms with van der Waals surface area (Å²) in [6.07, 6.45) is 0. The van der Waals surface area contributed by atoms with E-state index in [4.69, 9.17) is 0 Å². The van der Waals surface area contributed by atoms with E-state index in [1.54, 1.807) is 22.7 Å². The maximum Gasteiger partial charge on any atom is 0.0999 e. The number of aryl methyl sites for hydroxylation is 2. The molecule has 0 saturated carbocycles. The molecule has 0 aliphatic heterocycles. The lowest BCUT2D eigenvalue weighted by Gasteiger charge is -2.28. The first-order chi connectivity index (χ1) is 19.9. The van der Waals surface area contributed by atoms with Crippen LogP contribution in [-0.2, 0) is 5.41 Å². The summed E-state index contributed by atoms with van der Waals surface area (Å²) < 4.78 is 0. The van der Waals surface area contributed by atoms with Crippen molar-refractivity contribution in [3.8, 4) is 11.1 Å². The lowest BCUT2D eigenvalue weighted by molar-refractivity contribution is 0.660. The van der Waals surface area contributed by atoms with E-state index in [1.807, 2.05) is 0 Å². The quantitative estimate of drug-likeness (QED) is 0.197. The Hall–Kier alpha value is -4.12. The van der Waals surface area contributed by atoms with Crippen LogP contribution in [0.5, 0.6) is 0 Å². The summed E-state index contributed by atoms with van der Waals surface area (Å²) in [6, 6.07) is 40.3. The van der Waals surface area contributed by atoms with Gasteiger partial charge in [-0.2, -0.15) is 0 Å². The molecule has 2 nitrogen and oxygen atoms in total. The Bertz CT molecular complexity index is 1680. The van der Waals surface area contributed by atoms with Crippen molar-refractivity contribution in [3.63, 3.8) is 0 Å². The van der Waals surface area contributed by atoms with Crippen molar-refractivity contribution >= 4 is 55.4 Å². The molecule has 0 unspecified atom stereocenters. The highest BCUT2D eigenvalue weighted by Gasteiger charge is 2.37. The summed E-state index contributed by atoms with van der Waals surface area (Å²) >= 11 is 3.54. The molecule has 0 fully saturated rings. The number of hydrogen-bond acceptors (Lipinski definition) is 4. The zero-order valence-corrected chi connectivity index (χ0v) is 25.4. The largest absolute Gasteiger partial charge is 0.302 e. The minimum Gasteiger partial charge on any atom is -0.302 e. The maximum atomic E-state index is 2.41. The van der Waals surface area contributed by atoms with Crippen molar-refractivity contribution in [2.24, 2.45) is 0 Å². The van der Waals surface area contributed by atoms with Gasteiger partial charge in [-0.15, -0.1) is 22.7 Å². The molecule has 0 radical (unpaired) electrons. The number of rotatable bonds is 6. The van der Waals surface area contributed by atoms with Crippen LogP contribution >= 0.6 is 22.7 Å². The van der Waals surface area contributed by atoms with Gasteiger partial charge in [0.2, 0.25) is 0 Å². The van der Waals surface area contributed by atoms with Gasteiger partial charge >= 0.3 is 0 Å². The Balaban J connectivity index is 1.33. The summed E-state index contributed by atoms with van der Waals surface area (Å²) in [6.45, 7) is 9.02. The number of benzene rings is 4. The van der Waals surface area contributed by atoms with Crippen LogP contribution in [0.2, 0.25) is 0 Å². The van der Waals surface area contributed by atoms with Gasteiger partial charge in [-0.3, -0.25) is 0 Å². The van der Waals surface area contributed by atoms with E-state index >= 15 is 0 Å². The summed E-state index contributed by atoms with van der Waals surface area (Å²) in [4.78, 5) is 4.76. The van der Waals surface area contributed by atoms with Gasteiger partial charge < -0.3 is 9.80 Å². The fourth-order valence-electron chi connectivity index (χ4n) is 5.98. The first kappa shape index (κ1) is 25.8. The fourth-order valence-corrected chi connectivity index (χ4v) is 7.52. The Morgan fingerprint density at radius 2 is 0.878 bits per heavy atom. The number of hydrogen-bond donors (Lipinski definition) is 0. The number of fused-ring (bicyclic) bond motifs is 3. The van der Waals surface area contributed by atoms with Gasteiger partial charge in [0.05, 0.1) is 10.0 Å². The van der Waals surface area contributed by atoms with Crippen LogP contribution in [0.15, 0.2) is 120 Å². The monoisotopic (exact) mass is 568 g/mol. The topological polar surface area (TPSA) is 6.48 Å². The molecule has 0 spiro atoms. The summed E-state index contributed by atoms with van der Waals surface area (Å²) in [5.41, 5.74) is 12.5. The summed E-state index contributed by atoms with van der Waals surface area (Å²) in [5, 5.41) is 6.74. The zero-order valence-electron chi connectivity index (χ0n) is 23.8. The van der Waals surface area contributed by atoms with E-state index in [0.717, 1.165) is 0 Å². The number of nitrogens with zero attached hydrogens (tertiary/aromatic N) is 2. The van der Waals surface area contributed by atoms with Crippen molar-refractivity contribution in [2.75, 3.05) is 9.80 Å². The van der Waals surface area contributed by atoms with Gasteiger partial charge in [-0.1, -0.05) is 61.4 Å². The van der Waals surface area contributed by atoms with Crippen molar-refractivity contribution in [1.82, 2.24) is 0 Å². The fraction of sp³-hybridized carbons (Fsp3) is 0.135. The van der Waals surface area contributed by atoms with Crippen molar-refractivity contribution in [3.05, 3.63) is 142 Å². The van der Waals surface area contributed by atoms with Crippen LogP contribution in [0.1, 0.15) is 36.1 Å². The second-order valence-corrected chi connectivity index (χ2v) is 13.2. The molecule has 4 heteroatoms. The van der Waals surface area contributed by atoms with E-state index in [0.29, 0.717) is 0 Å². The standard InChI is InChI=1S/C37H32N2S2/c1-25-9-13-27(14-10-25)38(35-7-5-21-40-35)29-17-19-31-32-20-18-30(24-34(32)37(3,4)33(31)23-29)39(36-8-6-22-41-36)28-15-11-26(2)12-16-28/h5-24H,1-4H3. The smallest absolute Gasteiger partial charge is 0.0999 e. The van der Waals surface area contributed by atoms with Gasteiger partial charge in [0.1, 0.15) is 0 Å². The molecular formula is C37H32N2S2. The molecule has 202 valence electrons. The number of anilines is 6. The van der Waals surface area contributed by atoms with Crippen LogP contribution in [0.3, 0.4) is 0 Å². The Morgan fingerprint density at radius 3 is 1.24 bits per heavy atom. The lowest BCUT2D eigenvalue weighted by atomic mass is 9.82. The van der Waals surface area contributed by atoms with Crippen molar-refractivity contribution < 1.29 is 0 Å². The molecule has 4 aromatic carbocycles. The van der Waals surface area contributed by atoms with Crippen LogP contribution in [0, 0.1) is 13.8 Å².